The number of benzene rings is 1. The summed E-state index contributed by atoms with van der Waals surface area (Å²) in [6, 6.07) is 4.99. The van der Waals surface area contributed by atoms with Gasteiger partial charge >= 0.3 is 5.97 Å². The molecule has 4 nitrogen and oxygen atoms in total. The van der Waals surface area contributed by atoms with Crippen molar-refractivity contribution >= 4 is 39.3 Å². The van der Waals surface area contributed by atoms with Crippen molar-refractivity contribution in [2.75, 3.05) is 17.7 Å². The standard InChI is InChI=1S/C11H15BrN2O2S/c1-17-6-10(11(15)16)14-5-7-4-8(12)2-3-9(7)13/h2-4,10,14H,5-6,13H2,1H3,(H,15,16). The third-order valence-electron chi connectivity index (χ3n) is 2.28. The molecule has 0 aliphatic rings. The largest absolute Gasteiger partial charge is 0.480 e. The van der Waals surface area contributed by atoms with Crippen molar-refractivity contribution in [2.24, 2.45) is 0 Å². The summed E-state index contributed by atoms with van der Waals surface area (Å²) in [5.74, 6) is -0.309. The Morgan fingerprint density at radius 3 is 2.94 bits per heavy atom. The lowest BCUT2D eigenvalue weighted by Gasteiger charge is -2.14. The predicted molar refractivity (Wildman–Crippen MR) is 75.2 cm³/mol. The molecule has 1 rings (SSSR count). The highest BCUT2D eigenvalue weighted by Crippen LogP contribution is 2.18. The van der Waals surface area contributed by atoms with Gasteiger partial charge < -0.3 is 10.8 Å². The molecule has 0 saturated carbocycles. The minimum absolute atomic E-state index is 0.447. The molecule has 94 valence electrons. The molecule has 0 fully saturated rings. The number of nitrogens with one attached hydrogen (secondary N) is 1. The molecule has 0 amide bonds. The van der Waals surface area contributed by atoms with Crippen LogP contribution in [0, 0.1) is 0 Å². The van der Waals surface area contributed by atoms with Gasteiger partial charge in [0.25, 0.3) is 0 Å². The van der Waals surface area contributed by atoms with Gasteiger partial charge in [-0.2, -0.15) is 11.8 Å². The molecule has 0 heterocycles. The van der Waals surface area contributed by atoms with Crippen molar-refractivity contribution in [1.82, 2.24) is 5.32 Å². The lowest BCUT2D eigenvalue weighted by atomic mass is 10.1. The average molecular weight is 319 g/mol. The Labute approximate surface area is 113 Å². The van der Waals surface area contributed by atoms with Crippen molar-refractivity contribution in [3.05, 3.63) is 28.2 Å². The van der Waals surface area contributed by atoms with E-state index in [2.05, 4.69) is 21.2 Å². The Hall–Kier alpha value is -0.720. The number of rotatable bonds is 6. The molecule has 0 saturated heterocycles. The molecule has 6 heteroatoms. The number of halogens is 1. The minimum atomic E-state index is -0.840. The number of hydrogen-bond acceptors (Lipinski definition) is 4. The second-order valence-electron chi connectivity index (χ2n) is 3.57. The van der Waals surface area contributed by atoms with Gasteiger partial charge in [0.05, 0.1) is 0 Å². The van der Waals surface area contributed by atoms with Crippen molar-refractivity contribution in [1.29, 1.82) is 0 Å². The molecule has 0 spiro atoms. The molecule has 0 aliphatic heterocycles. The Balaban J connectivity index is 2.64. The zero-order chi connectivity index (χ0) is 12.8. The Bertz CT molecular complexity index is 401. The van der Waals surface area contributed by atoms with E-state index in [-0.39, 0.29) is 0 Å². The molecule has 0 aliphatic carbocycles. The number of nitrogens with two attached hydrogens (primary N) is 1. The van der Waals surface area contributed by atoms with Crippen molar-refractivity contribution < 1.29 is 9.90 Å². The molecular formula is C11H15BrN2O2S. The minimum Gasteiger partial charge on any atom is -0.480 e. The second-order valence-corrected chi connectivity index (χ2v) is 5.40. The highest BCUT2D eigenvalue weighted by Gasteiger charge is 2.16. The predicted octanol–water partition coefficient (Wildman–Crippen LogP) is 1.94. The fourth-order valence-corrected chi connectivity index (χ4v) is 2.35. The summed E-state index contributed by atoms with van der Waals surface area (Å²) >= 11 is 4.86. The summed E-state index contributed by atoms with van der Waals surface area (Å²) in [6.45, 7) is 0.447. The van der Waals surface area contributed by atoms with Crippen LogP contribution in [-0.4, -0.2) is 29.1 Å². The van der Waals surface area contributed by atoms with Crippen LogP contribution in [0.5, 0.6) is 0 Å². The number of carboxylic acid groups (broad SMARTS) is 1. The summed E-state index contributed by atoms with van der Waals surface area (Å²) in [7, 11) is 0. The van der Waals surface area contributed by atoms with Crippen LogP contribution in [0.25, 0.3) is 0 Å². The highest BCUT2D eigenvalue weighted by atomic mass is 79.9. The normalized spacial score (nSPS) is 12.4. The van der Waals surface area contributed by atoms with Gasteiger partial charge in [-0.1, -0.05) is 15.9 Å². The van der Waals surface area contributed by atoms with Gasteiger partial charge in [0, 0.05) is 22.5 Å². The van der Waals surface area contributed by atoms with Crippen LogP contribution in [-0.2, 0) is 11.3 Å². The summed E-state index contributed by atoms with van der Waals surface area (Å²) in [5.41, 5.74) is 7.37. The smallest absolute Gasteiger partial charge is 0.321 e. The van der Waals surface area contributed by atoms with Crippen molar-refractivity contribution in [2.45, 2.75) is 12.6 Å². The topological polar surface area (TPSA) is 75.3 Å². The van der Waals surface area contributed by atoms with Gasteiger partial charge in [0.2, 0.25) is 0 Å². The number of carboxylic acids is 1. The summed E-state index contributed by atoms with van der Waals surface area (Å²) in [6.07, 6.45) is 1.88. The summed E-state index contributed by atoms with van der Waals surface area (Å²) in [5, 5.41) is 12.0. The number of nitrogen functional groups attached to an aromatic ring is 1. The van der Waals surface area contributed by atoms with Gasteiger partial charge in [-0.3, -0.25) is 10.1 Å². The third-order valence-corrected chi connectivity index (χ3v) is 3.44. The molecule has 0 radical (unpaired) electrons. The lowest BCUT2D eigenvalue weighted by Crippen LogP contribution is -2.38. The van der Waals surface area contributed by atoms with Gasteiger partial charge in [0.15, 0.2) is 0 Å². The van der Waals surface area contributed by atoms with E-state index in [1.165, 1.54) is 11.8 Å². The zero-order valence-corrected chi connectivity index (χ0v) is 11.8. The highest BCUT2D eigenvalue weighted by molar-refractivity contribution is 9.10. The molecule has 1 unspecified atom stereocenters. The molecule has 1 atom stereocenters. The first-order valence-electron chi connectivity index (χ1n) is 5.03. The van der Waals surface area contributed by atoms with Crippen LogP contribution in [0.1, 0.15) is 5.56 Å². The summed E-state index contributed by atoms with van der Waals surface area (Å²) in [4.78, 5) is 10.9. The number of aliphatic carboxylic acids is 1. The molecule has 1 aromatic carbocycles. The Kier molecular flexibility index (Phi) is 5.80. The van der Waals surface area contributed by atoms with Gasteiger partial charge in [0.1, 0.15) is 6.04 Å². The van der Waals surface area contributed by atoms with Gasteiger partial charge in [-0.15, -0.1) is 0 Å². The van der Waals surface area contributed by atoms with E-state index >= 15 is 0 Å². The van der Waals surface area contributed by atoms with Crippen LogP contribution in [0.4, 0.5) is 5.69 Å². The first-order valence-corrected chi connectivity index (χ1v) is 7.22. The van der Waals surface area contributed by atoms with E-state index in [1.807, 2.05) is 18.4 Å². The van der Waals surface area contributed by atoms with E-state index in [4.69, 9.17) is 10.8 Å². The van der Waals surface area contributed by atoms with E-state index in [0.29, 0.717) is 18.0 Å². The monoisotopic (exact) mass is 318 g/mol. The van der Waals surface area contributed by atoms with Crippen molar-refractivity contribution in [3.8, 4) is 0 Å². The van der Waals surface area contributed by atoms with Gasteiger partial charge in [-0.05, 0) is 30.0 Å². The maximum absolute atomic E-state index is 10.9. The number of anilines is 1. The Morgan fingerprint density at radius 1 is 1.65 bits per heavy atom. The van der Waals surface area contributed by atoms with Crippen LogP contribution < -0.4 is 11.1 Å². The number of thioether (sulfide) groups is 1. The molecule has 17 heavy (non-hydrogen) atoms. The van der Waals surface area contributed by atoms with E-state index < -0.39 is 12.0 Å². The molecule has 4 N–H and O–H groups in total. The van der Waals surface area contributed by atoms with Gasteiger partial charge in [-0.25, -0.2) is 0 Å². The van der Waals surface area contributed by atoms with Crippen LogP contribution >= 0.6 is 27.7 Å². The number of hydrogen-bond donors (Lipinski definition) is 3. The van der Waals surface area contributed by atoms with E-state index in [9.17, 15) is 4.79 Å². The van der Waals surface area contributed by atoms with E-state index in [0.717, 1.165) is 10.0 Å². The quantitative estimate of drug-likeness (QED) is 0.699. The van der Waals surface area contributed by atoms with Crippen molar-refractivity contribution in [3.63, 3.8) is 0 Å². The second kappa shape index (κ2) is 6.88. The number of carbonyl (C=O) groups is 1. The fraction of sp³-hybridized carbons (Fsp3) is 0.364. The zero-order valence-electron chi connectivity index (χ0n) is 9.44. The third kappa shape index (κ3) is 4.57. The van der Waals surface area contributed by atoms with Crippen LogP contribution in [0.3, 0.4) is 0 Å². The molecule has 0 aromatic heterocycles. The fourth-order valence-electron chi connectivity index (χ4n) is 1.34. The first kappa shape index (κ1) is 14.3. The SMILES string of the molecule is CSCC(NCc1cc(Br)ccc1N)C(=O)O. The maximum atomic E-state index is 10.9. The first-order chi connectivity index (χ1) is 8.04. The lowest BCUT2D eigenvalue weighted by molar-refractivity contribution is -0.138. The van der Waals surface area contributed by atoms with E-state index in [1.54, 1.807) is 6.07 Å². The van der Waals surface area contributed by atoms with Crippen LogP contribution in [0.2, 0.25) is 0 Å². The molecule has 0 bridgehead atoms. The Morgan fingerprint density at radius 2 is 2.35 bits per heavy atom. The maximum Gasteiger partial charge on any atom is 0.321 e. The molecular weight excluding hydrogens is 304 g/mol. The average Bonchev–Trinajstić information content (AvgIpc) is 2.28. The van der Waals surface area contributed by atoms with Crippen LogP contribution in [0.15, 0.2) is 22.7 Å². The summed E-state index contributed by atoms with van der Waals surface area (Å²) < 4.78 is 0.931. The molecule has 1 aromatic rings.